The minimum absolute atomic E-state index is 0.126. The predicted molar refractivity (Wildman–Crippen MR) is 170 cm³/mol. The van der Waals surface area contributed by atoms with E-state index in [4.69, 9.17) is 19.4 Å². The number of nitrogens with one attached hydrogen (secondary N) is 2. The summed E-state index contributed by atoms with van der Waals surface area (Å²) in [4.78, 5) is 28.9. The highest BCUT2D eigenvalue weighted by molar-refractivity contribution is 5.97. The van der Waals surface area contributed by atoms with Crippen molar-refractivity contribution in [3.63, 3.8) is 0 Å². The highest BCUT2D eigenvalue weighted by Gasteiger charge is 2.44. The summed E-state index contributed by atoms with van der Waals surface area (Å²) < 4.78 is 12.4. The molecule has 0 spiro atoms. The number of aromatic nitrogens is 2. The molecule has 2 N–H and O–H groups in total. The first-order valence-electron chi connectivity index (χ1n) is 15.6. The normalized spacial score (nSPS) is 19.3. The summed E-state index contributed by atoms with van der Waals surface area (Å²) in [6, 6.07) is 13.5. The summed E-state index contributed by atoms with van der Waals surface area (Å²) >= 11 is 0. The zero-order chi connectivity index (χ0) is 30.0. The molecule has 230 valence electrons. The third-order valence-corrected chi connectivity index (χ3v) is 8.99. The highest BCUT2D eigenvalue weighted by atomic mass is 16.5. The number of urea groups is 1. The number of morpholine rings is 1. The van der Waals surface area contributed by atoms with Gasteiger partial charge in [-0.25, -0.2) is 4.79 Å². The average molecular weight is 588 g/mol. The summed E-state index contributed by atoms with van der Waals surface area (Å²) in [5.41, 5.74) is 5.03. The molecule has 1 saturated carbocycles. The number of hydrogen-bond acceptors (Lipinski definition) is 8. The molecule has 1 unspecified atom stereocenters. The molecule has 10 heteroatoms. The lowest BCUT2D eigenvalue weighted by Gasteiger charge is -2.37. The van der Waals surface area contributed by atoms with Crippen LogP contribution in [0.1, 0.15) is 36.6 Å². The lowest BCUT2D eigenvalue weighted by Crippen LogP contribution is -2.49. The Morgan fingerprint density at radius 3 is 2.70 bits per heavy atom. The van der Waals surface area contributed by atoms with Crippen molar-refractivity contribution in [2.75, 3.05) is 76.9 Å². The molecule has 2 amide bonds. The van der Waals surface area contributed by atoms with Gasteiger partial charge < -0.3 is 34.8 Å². The number of carbonyl (C=O) groups is 1. The summed E-state index contributed by atoms with van der Waals surface area (Å²) in [6.45, 7) is 7.83. The van der Waals surface area contributed by atoms with Gasteiger partial charge in [0.1, 0.15) is 5.82 Å². The monoisotopic (exact) mass is 587 g/mol. The van der Waals surface area contributed by atoms with E-state index >= 15 is 0 Å². The summed E-state index contributed by atoms with van der Waals surface area (Å²) in [5.74, 6) is 0.942. The largest absolute Gasteiger partial charge is 0.463 e. The topological polar surface area (TPSA) is 95.1 Å². The van der Waals surface area contributed by atoms with Gasteiger partial charge in [0.25, 0.3) is 0 Å². The second-order valence-corrected chi connectivity index (χ2v) is 12.5. The van der Waals surface area contributed by atoms with Gasteiger partial charge in [-0.2, -0.15) is 9.97 Å². The zero-order valence-corrected chi connectivity index (χ0v) is 26.0. The van der Waals surface area contributed by atoms with Crippen LogP contribution in [0, 0.1) is 5.41 Å². The van der Waals surface area contributed by atoms with Gasteiger partial charge in [0.05, 0.1) is 31.6 Å². The molecule has 10 nitrogen and oxygen atoms in total. The molecule has 2 aromatic carbocycles. The van der Waals surface area contributed by atoms with Crippen molar-refractivity contribution in [2.45, 2.75) is 45.3 Å². The van der Waals surface area contributed by atoms with E-state index in [-0.39, 0.29) is 17.6 Å². The minimum Gasteiger partial charge on any atom is -0.463 e. The Morgan fingerprint density at radius 2 is 1.95 bits per heavy atom. The molecule has 43 heavy (non-hydrogen) atoms. The van der Waals surface area contributed by atoms with Crippen LogP contribution in [0.15, 0.2) is 36.4 Å². The molecule has 1 aliphatic carbocycles. The number of carbonyl (C=O) groups excluding carboxylic acids is 1. The zero-order valence-electron chi connectivity index (χ0n) is 26.0. The van der Waals surface area contributed by atoms with Crippen LogP contribution in [-0.2, 0) is 24.1 Å². The minimum atomic E-state index is -0.206. The van der Waals surface area contributed by atoms with Crippen molar-refractivity contribution in [1.29, 1.82) is 0 Å². The van der Waals surface area contributed by atoms with E-state index in [1.165, 1.54) is 40.4 Å². The van der Waals surface area contributed by atoms with Crippen molar-refractivity contribution in [3.05, 3.63) is 53.2 Å². The van der Waals surface area contributed by atoms with E-state index in [1.54, 1.807) is 7.05 Å². The lowest BCUT2D eigenvalue weighted by molar-refractivity contribution is 0.0421. The molecule has 1 aromatic heterocycles. The molecule has 0 radical (unpaired) electrons. The SMILES string of the molecule is CCc1cccc2cccc(N3CCc4c(nc(OCC5(CN(C)C)CC5)nc4N4CCOC(CNC(=O)NC)C4)C3)c12. The molecule has 0 bridgehead atoms. The second-order valence-electron chi connectivity index (χ2n) is 12.5. The van der Waals surface area contributed by atoms with Crippen molar-refractivity contribution in [2.24, 2.45) is 5.41 Å². The van der Waals surface area contributed by atoms with Gasteiger partial charge in [-0.05, 0) is 56.8 Å². The average Bonchev–Trinajstić information content (AvgIpc) is 3.80. The molecule has 2 aliphatic heterocycles. The maximum Gasteiger partial charge on any atom is 0.318 e. The highest BCUT2D eigenvalue weighted by Crippen LogP contribution is 2.46. The van der Waals surface area contributed by atoms with Crippen LogP contribution in [0.2, 0.25) is 0 Å². The van der Waals surface area contributed by atoms with Crippen LogP contribution in [0.4, 0.5) is 16.3 Å². The van der Waals surface area contributed by atoms with Crippen LogP contribution in [0.5, 0.6) is 6.01 Å². The Labute approximate surface area is 254 Å². The van der Waals surface area contributed by atoms with Crippen LogP contribution < -0.4 is 25.2 Å². The maximum atomic E-state index is 11.8. The van der Waals surface area contributed by atoms with Gasteiger partial charge in [-0.15, -0.1) is 0 Å². The summed E-state index contributed by atoms with van der Waals surface area (Å²) in [7, 11) is 5.85. The quantitative estimate of drug-likeness (QED) is 0.372. The third-order valence-electron chi connectivity index (χ3n) is 8.99. The first-order valence-corrected chi connectivity index (χ1v) is 15.6. The van der Waals surface area contributed by atoms with Gasteiger partial charge in [-0.3, -0.25) is 0 Å². The Balaban J connectivity index is 1.30. The van der Waals surface area contributed by atoms with Gasteiger partial charge in [-0.1, -0.05) is 37.3 Å². The van der Waals surface area contributed by atoms with Crippen molar-refractivity contribution >= 4 is 28.3 Å². The Bertz CT molecular complexity index is 1450. The number of ether oxygens (including phenoxy) is 2. The molecule has 3 heterocycles. The Morgan fingerprint density at radius 1 is 1.14 bits per heavy atom. The first-order chi connectivity index (χ1) is 20.9. The predicted octanol–water partition coefficient (Wildman–Crippen LogP) is 3.61. The molecule has 1 atom stereocenters. The van der Waals surface area contributed by atoms with E-state index in [0.717, 1.165) is 44.0 Å². The van der Waals surface area contributed by atoms with Crippen molar-refractivity contribution < 1.29 is 14.3 Å². The maximum absolute atomic E-state index is 11.8. The fourth-order valence-corrected chi connectivity index (χ4v) is 6.62. The summed E-state index contributed by atoms with van der Waals surface area (Å²) in [6.07, 6.45) is 4.05. The molecular formula is C33H45N7O3. The van der Waals surface area contributed by atoms with Crippen LogP contribution in [-0.4, -0.2) is 94.1 Å². The van der Waals surface area contributed by atoms with Crippen LogP contribution >= 0.6 is 0 Å². The van der Waals surface area contributed by atoms with Crippen molar-refractivity contribution in [3.8, 4) is 6.01 Å². The smallest absolute Gasteiger partial charge is 0.318 e. The van der Waals surface area contributed by atoms with E-state index < -0.39 is 0 Å². The number of aryl methyl sites for hydroxylation is 1. The van der Waals surface area contributed by atoms with Crippen molar-refractivity contribution in [1.82, 2.24) is 25.5 Å². The van der Waals surface area contributed by atoms with E-state index in [1.807, 2.05) is 0 Å². The number of benzene rings is 2. The number of nitrogens with zero attached hydrogens (tertiary/aromatic N) is 5. The Kier molecular flexibility index (Phi) is 8.59. The lowest BCUT2D eigenvalue weighted by atomic mass is 9.98. The standard InChI is InChI=1S/C33H45N7O3/c1-5-23-8-6-9-24-10-7-11-28(29(23)24)39-15-12-26-27(20-39)36-32(43-22-33(13-14-33)21-38(3)4)37-30(26)40-16-17-42-25(19-40)18-35-31(41)34-2/h6-11,25H,5,12-22H2,1-4H3,(H2,34,35,41). The molecule has 3 aliphatic rings. The molecular weight excluding hydrogens is 542 g/mol. The van der Waals surface area contributed by atoms with Crippen LogP contribution in [0.3, 0.4) is 0 Å². The second kappa shape index (κ2) is 12.5. The number of amides is 2. The fraction of sp³-hybridized carbons (Fsp3) is 0.545. The van der Waals surface area contributed by atoms with E-state index in [2.05, 4.69) is 82.8 Å². The number of hydrogen-bond donors (Lipinski definition) is 2. The van der Waals surface area contributed by atoms with Crippen LogP contribution in [0.25, 0.3) is 10.8 Å². The summed E-state index contributed by atoms with van der Waals surface area (Å²) in [5, 5.41) is 8.10. The fourth-order valence-electron chi connectivity index (χ4n) is 6.62. The van der Waals surface area contributed by atoms with Gasteiger partial charge >= 0.3 is 12.0 Å². The van der Waals surface area contributed by atoms with E-state index in [0.29, 0.717) is 38.9 Å². The van der Waals surface area contributed by atoms with Gasteiger partial charge in [0.2, 0.25) is 0 Å². The molecule has 2 fully saturated rings. The molecule has 6 rings (SSSR count). The number of fused-ring (bicyclic) bond motifs is 2. The Hall–Kier alpha value is -3.63. The number of rotatable bonds is 10. The number of anilines is 2. The third kappa shape index (κ3) is 6.50. The van der Waals surface area contributed by atoms with Gasteiger partial charge in [0, 0.05) is 61.8 Å². The molecule has 3 aromatic rings. The van der Waals surface area contributed by atoms with Gasteiger partial charge in [0.15, 0.2) is 0 Å². The first kappa shape index (κ1) is 29.4. The molecule has 1 saturated heterocycles. The van der Waals surface area contributed by atoms with E-state index in [9.17, 15) is 4.79 Å².